The van der Waals surface area contributed by atoms with Crippen LogP contribution in [0.3, 0.4) is 0 Å². The van der Waals surface area contributed by atoms with Gasteiger partial charge in [-0.1, -0.05) is 27.5 Å². The van der Waals surface area contributed by atoms with Crippen molar-refractivity contribution in [3.8, 4) is 5.75 Å². The molecule has 2 heterocycles. The quantitative estimate of drug-likeness (QED) is 0.720. The zero-order valence-electron chi connectivity index (χ0n) is 12.3. The van der Waals surface area contributed by atoms with Crippen molar-refractivity contribution < 1.29 is 4.74 Å². The normalized spacial score (nSPS) is 15.7. The molecule has 0 saturated heterocycles. The predicted molar refractivity (Wildman–Crippen MR) is 92.9 cm³/mol. The third kappa shape index (κ3) is 2.85. The zero-order valence-corrected chi connectivity index (χ0v) is 14.6. The van der Waals surface area contributed by atoms with Crippen LogP contribution >= 0.6 is 27.5 Å². The smallest absolute Gasteiger partial charge is 0.255 e. The fraction of sp³-hybridized carbons (Fsp3) is 0.235. The van der Waals surface area contributed by atoms with Gasteiger partial charge in [-0.25, -0.2) is 0 Å². The Morgan fingerprint density at radius 3 is 2.73 bits per heavy atom. The number of aromatic nitrogens is 1. The molecule has 1 aliphatic heterocycles. The molecule has 0 N–H and O–H groups in total. The van der Waals surface area contributed by atoms with E-state index in [1.807, 2.05) is 38.1 Å². The number of alkyl halides is 1. The lowest BCUT2D eigenvalue weighted by Crippen LogP contribution is -2.32. The molecule has 114 valence electrons. The van der Waals surface area contributed by atoms with E-state index in [0.29, 0.717) is 10.4 Å². The monoisotopic (exact) mass is 379 g/mol. The van der Waals surface area contributed by atoms with Gasteiger partial charge in [-0.2, -0.15) is 0 Å². The van der Waals surface area contributed by atoms with E-state index in [2.05, 4.69) is 15.9 Å². The summed E-state index contributed by atoms with van der Waals surface area (Å²) in [5.74, 6) is 0.725. The molecule has 0 radical (unpaired) electrons. The number of rotatable bonds is 2. The second-order valence-electron chi connectivity index (χ2n) is 5.75. The van der Waals surface area contributed by atoms with E-state index in [9.17, 15) is 4.79 Å². The summed E-state index contributed by atoms with van der Waals surface area (Å²) in [6.07, 6.45) is 3.73. The highest BCUT2D eigenvalue weighted by atomic mass is 79.9. The lowest BCUT2D eigenvalue weighted by atomic mass is 9.99. The molecule has 0 spiro atoms. The first kappa shape index (κ1) is 15.4. The second-order valence-corrected chi connectivity index (χ2v) is 6.75. The van der Waals surface area contributed by atoms with Crippen LogP contribution in [0.4, 0.5) is 0 Å². The van der Waals surface area contributed by atoms with E-state index >= 15 is 0 Å². The maximum atomic E-state index is 12.4. The van der Waals surface area contributed by atoms with Crippen molar-refractivity contribution in [3.05, 3.63) is 69.1 Å². The fourth-order valence-corrected chi connectivity index (χ4v) is 3.03. The molecule has 3 rings (SSSR count). The van der Waals surface area contributed by atoms with Crippen LogP contribution in [0.15, 0.2) is 47.4 Å². The Labute approximate surface area is 142 Å². The number of nitrogens with zero attached hydrogens (tertiary/aromatic N) is 1. The molecule has 0 saturated carbocycles. The Kier molecular flexibility index (Phi) is 3.91. The highest BCUT2D eigenvalue weighted by Crippen LogP contribution is 2.37. The molecule has 3 nitrogen and oxygen atoms in total. The third-order valence-electron chi connectivity index (χ3n) is 3.47. The van der Waals surface area contributed by atoms with Gasteiger partial charge in [0, 0.05) is 28.2 Å². The summed E-state index contributed by atoms with van der Waals surface area (Å²) in [6, 6.07) is 9.00. The van der Waals surface area contributed by atoms with Crippen molar-refractivity contribution in [2.45, 2.75) is 24.8 Å². The highest BCUT2D eigenvalue weighted by Gasteiger charge is 2.27. The van der Waals surface area contributed by atoms with Gasteiger partial charge in [0.25, 0.3) is 5.56 Å². The third-order valence-corrected chi connectivity index (χ3v) is 4.36. The molecule has 0 fully saturated rings. The molecule has 1 aromatic carbocycles. The van der Waals surface area contributed by atoms with Crippen LogP contribution in [0.5, 0.6) is 5.75 Å². The molecule has 1 aliphatic rings. The zero-order chi connectivity index (χ0) is 15.9. The van der Waals surface area contributed by atoms with E-state index < -0.39 is 5.60 Å². The summed E-state index contributed by atoms with van der Waals surface area (Å²) in [5, 5.41) is 1.26. The summed E-state index contributed by atoms with van der Waals surface area (Å²) < 4.78 is 7.58. The summed E-state index contributed by atoms with van der Waals surface area (Å²) in [5.41, 5.74) is 1.98. The van der Waals surface area contributed by atoms with Gasteiger partial charge in [0.15, 0.2) is 0 Å². The topological polar surface area (TPSA) is 31.2 Å². The lowest BCUT2D eigenvalue weighted by molar-refractivity contribution is 0.157. The lowest BCUT2D eigenvalue weighted by Gasteiger charge is -2.31. The molecular formula is C17H15BrClNO2. The Hall–Kier alpha value is -1.52. The van der Waals surface area contributed by atoms with E-state index in [1.54, 1.807) is 22.9 Å². The first-order chi connectivity index (χ1) is 10.4. The van der Waals surface area contributed by atoms with Gasteiger partial charge in [-0.15, -0.1) is 0 Å². The maximum Gasteiger partial charge on any atom is 0.255 e. The fourth-order valence-electron chi connectivity index (χ4n) is 2.51. The maximum absolute atomic E-state index is 12.4. The predicted octanol–water partition coefficient (Wildman–Crippen LogP) is 4.46. The van der Waals surface area contributed by atoms with E-state index in [1.165, 1.54) is 0 Å². The Morgan fingerprint density at radius 1 is 1.27 bits per heavy atom. The number of ether oxygens (including phenoxy) is 1. The van der Waals surface area contributed by atoms with Crippen molar-refractivity contribution in [2.75, 3.05) is 0 Å². The van der Waals surface area contributed by atoms with Crippen molar-refractivity contribution in [1.29, 1.82) is 0 Å². The second kappa shape index (κ2) is 5.60. The molecule has 5 heteroatoms. The molecular weight excluding hydrogens is 366 g/mol. The Morgan fingerprint density at radius 2 is 2.05 bits per heavy atom. The number of hydrogen-bond donors (Lipinski definition) is 0. The van der Waals surface area contributed by atoms with Crippen LogP contribution in [0.25, 0.3) is 5.70 Å². The Balaban J connectivity index is 2.22. The van der Waals surface area contributed by atoms with E-state index in [4.69, 9.17) is 16.3 Å². The van der Waals surface area contributed by atoms with Crippen LogP contribution in [0, 0.1) is 0 Å². The molecule has 0 atom stereocenters. The van der Waals surface area contributed by atoms with Crippen LogP contribution in [0.2, 0.25) is 5.02 Å². The summed E-state index contributed by atoms with van der Waals surface area (Å²) in [4.78, 5) is 12.4. The number of hydrogen-bond acceptors (Lipinski definition) is 2. The summed E-state index contributed by atoms with van der Waals surface area (Å²) in [6.45, 7) is 3.92. The van der Waals surface area contributed by atoms with Gasteiger partial charge < -0.3 is 4.74 Å². The van der Waals surface area contributed by atoms with Crippen LogP contribution in [0.1, 0.15) is 25.0 Å². The van der Waals surface area contributed by atoms with Crippen molar-refractivity contribution >= 4 is 33.2 Å². The van der Waals surface area contributed by atoms with Gasteiger partial charge in [-0.05, 0) is 49.8 Å². The van der Waals surface area contributed by atoms with Crippen LogP contribution < -0.4 is 10.3 Å². The number of pyridine rings is 1. The van der Waals surface area contributed by atoms with Crippen molar-refractivity contribution in [2.24, 2.45) is 0 Å². The molecule has 22 heavy (non-hydrogen) atoms. The minimum absolute atomic E-state index is 0.0770. The molecule has 1 aromatic heterocycles. The van der Waals surface area contributed by atoms with Gasteiger partial charge in [0.1, 0.15) is 11.4 Å². The molecule has 2 aromatic rings. The summed E-state index contributed by atoms with van der Waals surface area (Å²) >= 11 is 9.48. The number of fused-ring (bicyclic) bond motifs is 1. The molecule has 0 amide bonds. The minimum Gasteiger partial charge on any atom is -0.483 e. The van der Waals surface area contributed by atoms with Crippen molar-refractivity contribution in [3.63, 3.8) is 0 Å². The Bertz CT molecular complexity index is 824. The largest absolute Gasteiger partial charge is 0.483 e. The van der Waals surface area contributed by atoms with Crippen molar-refractivity contribution in [1.82, 2.24) is 4.57 Å². The summed E-state index contributed by atoms with van der Waals surface area (Å²) in [7, 11) is 0. The van der Waals surface area contributed by atoms with Gasteiger partial charge in [0.2, 0.25) is 0 Å². The average molecular weight is 381 g/mol. The average Bonchev–Trinajstić information content (AvgIpc) is 2.46. The highest BCUT2D eigenvalue weighted by molar-refractivity contribution is 9.08. The first-order valence-electron chi connectivity index (χ1n) is 6.89. The van der Waals surface area contributed by atoms with Crippen LogP contribution in [-0.4, -0.2) is 10.2 Å². The van der Waals surface area contributed by atoms with E-state index in [-0.39, 0.29) is 5.56 Å². The SMILES string of the molecule is CC1(C)C=C(n2ccc(CBr)cc2=O)c2cc(Cl)ccc2O1. The first-order valence-corrected chi connectivity index (χ1v) is 8.39. The molecule has 0 aliphatic carbocycles. The number of benzene rings is 1. The molecule has 0 bridgehead atoms. The van der Waals surface area contributed by atoms with Crippen LogP contribution in [-0.2, 0) is 5.33 Å². The minimum atomic E-state index is -0.496. The van der Waals surface area contributed by atoms with Gasteiger partial charge >= 0.3 is 0 Å². The van der Waals surface area contributed by atoms with E-state index in [0.717, 1.165) is 22.6 Å². The standard InChI is InChI=1S/C17H15BrClNO2/c1-17(2)9-14(13-8-12(19)3-4-15(13)22-17)20-6-5-11(10-18)7-16(20)21/h3-9H,10H2,1-2H3. The van der Waals surface area contributed by atoms with Gasteiger partial charge in [-0.3, -0.25) is 9.36 Å². The van der Waals surface area contributed by atoms with Gasteiger partial charge in [0.05, 0.1) is 5.70 Å². The molecule has 0 unspecified atom stereocenters. The number of halogens is 2.